The Morgan fingerprint density at radius 1 is 1.22 bits per heavy atom. The van der Waals surface area contributed by atoms with Crippen molar-refractivity contribution in [1.29, 1.82) is 0 Å². The zero-order valence-electron chi connectivity index (χ0n) is 10.9. The fourth-order valence-corrected chi connectivity index (χ4v) is 4.07. The van der Waals surface area contributed by atoms with Gasteiger partial charge in [-0.05, 0) is 50.8 Å². The van der Waals surface area contributed by atoms with E-state index in [2.05, 4.69) is 16.3 Å². The number of nitrogens with zero attached hydrogens (tertiary/aromatic N) is 1. The zero-order valence-corrected chi connectivity index (χ0v) is 10.9. The van der Waals surface area contributed by atoms with E-state index >= 15 is 0 Å². The van der Waals surface area contributed by atoms with Crippen molar-refractivity contribution in [3.63, 3.8) is 0 Å². The van der Waals surface area contributed by atoms with Crippen molar-refractivity contribution in [2.45, 2.75) is 44.2 Å². The number of hydrogen-bond acceptors (Lipinski definition) is 3. The maximum absolute atomic E-state index is 5.59. The SMILES string of the molecule is c1cc2c(o1)CCCC2NC1CN2CCC1CC2. The van der Waals surface area contributed by atoms with Crippen LogP contribution in [-0.2, 0) is 6.42 Å². The summed E-state index contributed by atoms with van der Waals surface area (Å²) in [7, 11) is 0. The van der Waals surface area contributed by atoms with Crippen LogP contribution < -0.4 is 5.32 Å². The van der Waals surface area contributed by atoms with Crippen LogP contribution in [0.15, 0.2) is 16.7 Å². The van der Waals surface area contributed by atoms with Crippen molar-refractivity contribution in [1.82, 2.24) is 10.2 Å². The molecular formula is C15H22N2O. The molecule has 2 atom stereocenters. The van der Waals surface area contributed by atoms with Crippen molar-refractivity contribution in [3.8, 4) is 0 Å². The van der Waals surface area contributed by atoms with Crippen LogP contribution in [0.2, 0.25) is 0 Å². The van der Waals surface area contributed by atoms with Gasteiger partial charge >= 0.3 is 0 Å². The quantitative estimate of drug-likeness (QED) is 0.868. The second kappa shape index (κ2) is 4.39. The van der Waals surface area contributed by atoms with Gasteiger partial charge in [-0.15, -0.1) is 0 Å². The smallest absolute Gasteiger partial charge is 0.108 e. The molecule has 2 unspecified atom stereocenters. The lowest BCUT2D eigenvalue weighted by atomic mass is 9.82. The maximum atomic E-state index is 5.59. The minimum atomic E-state index is 0.540. The average molecular weight is 246 g/mol. The van der Waals surface area contributed by atoms with E-state index in [1.54, 1.807) is 0 Å². The van der Waals surface area contributed by atoms with Crippen LogP contribution in [0.4, 0.5) is 0 Å². The molecule has 4 aliphatic rings. The molecule has 18 heavy (non-hydrogen) atoms. The lowest BCUT2D eigenvalue weighted by Gasteiger charge is -2.46. The van der Waals surface area contributed by atoms with E-state index in [9.17, 15) is 0 Å². The summed E-state index contributed by atoms with van der Waals surface area (Å²) in [6.07, 6.45) is 8.31. The monoisotopic (exact) mass is 246 g/mol. The normalized spacial score (nSPS) is 38.7. The topological polar surface area (TPSA) is 28.4 Å². The number of rotatable bonds is 2. The second-order valence-corrected chi connectivity index (χ2v) is 6.16. The molecule has 0 amide bonds. The third-order valence-corrected chi connectivity index (χ3v) is 5.12. The number of aryl methyl sites for hydroxylation is 1. The standard InChI is InChI=1S/C15H22N2O/c1-2-13(12-6-9-18-15(12)3-1)16-14-10-17-7-4-11(14)5-8-17/h6,9,11,13-14,16H,1-5,7-8,10H2. The van der Waals surface area contributed by atoms with Crippen LogP contribution >= 0.6 is 0 Å². The van der Waals surface area contributed by atoms with E-state index in [1.165, 1.54) is 56.6 Å². The fraction of sp³-hybridized carbons (Fsp3) is 0.733. The lowest BCUT2D eigenvalue weighted by molar-refractivity contribution is 0.0655. The predicted octanol–water partition coefficient (Wildman–Crippen LogP) is 2.34. The van der Waals surface area contributed by atoms with E-state index in [0.717, 1.165) is 12.3 Å². The van der Waals surface area contributed by atoms with Crippen LogP contribution in [0.1, 0.15) is 43.0 Å². The van der Waals surface area contributed by atoms with Gasteiger partial charge in [0, 0.05) is 30.6 Å². The summed E-state index contributed by atoms with van der Waals surface area (Å²) >= 11 is 0. The van der Waals surface area contributed by atoms with Crippen molar-refractivity contribution in [2.75, 3.05) is 19.6 Å². The van der Waals surface area contributed by atoms with Crippen LogP contribution in [0, 0.1) is 5.92 Å². The largest absolute Gasteiger partial charge is 0.469 e. The summed E-state index contributed by atoms with van der Waals surface area (Å²) in [4.78, 5) is 2.62. The molecule has 1 N–H and O–H groups in total. The summed E-state index contributed by atoms with van der Waals surface area (Å²) in [5.74, 6) is 2.13. The molecule has 1 aromatic rings. The second-order valence-electron chi connectivity index (χ2n) is 6.16. The Kier molecular flexibility index (Phi) is 2.70. The van der Waals surface area contributed by atoms with Gasteiger partial charge in [-0.3, -0.25) is 0 Å². The van der Waals surface area contributed by atoms with E-state index in [1.807, 2.05) is 6.26 Å². The molecule has 0 radical (unpaired) electrons. The van der Waals surface area contributed by atoms with Crippen molar-refractivity contribution in [3.05, 3.63) is 23.7 Å². The van der Waals surface area contributed by atoms with Gasteiger partial charge in [0.2, 0.25) is 0 Å². The van der Waals surface area contributed by atoms with Crippen LogP contribution in [0.25, 0.3) is 0 Å². The van der Waals surface area contributed by atoms with Crippen LogP contribution in [0.5, 0.6) is 0 Å². The first-order chi connectivity index (χ1) is 8.90. The molecule has 4 heterocycles. The maximum Gasteiger partial charge on any atom is 0.108 e. The third-order valence-electron chi connectivity index (χ3n) is 5.12. The summed E-state index contributed by atoms with van der Waals surface area (Å²) < 4.78 is 5.59. The van der Waals surface area contributed by atoms with Gasteiger partial charge in [-0.2, -0.15) is 0 Å². The van der Waals surface area contributed by atoms with Crippen molar-refractivity contribution >= 4 is 0 Å². The first kappa shape index (κ1) is 11.1. The number of fused-ring (bicyclic) bond motifs is 4. The highest BCUT2D eigenvalue weighted by Gasteiger charge is 2.36. The Hall–Kier alpha value is -0.800. The van der Waals surface area contributed by atoms with Gasteiger partial charge in [0.15, 0.2) is 0 Å². The molecule has 98 valence electrons. The van der Waals surface area contributed by atoms with Gasteiger partial charge < -0.3 is 14.6 Å². The predicted molar refractivity (Wildman–Crippen MR) is 70.5 cm³/mol. The molecule has 1 aliphatic carbocycles. The van der Waals surface area contributed by atoms with Crippen molar-refractivity contribution in [2.24, 2.45) is 5.92 Å². The molecule has 3 saturated heterocycles. The number of piperidine rings is 3. The van der Waals surface area contributed by atoms with E-state index in [-0.39, 0.29) is 0 Å². The molecular weight excluding hydrogens is 224 g/mol. The van der Waals surface area contributed by atoms with E-state index in [4.69, 9.17) is 4.42 Å². The highest BCUT2D eigenvalue weighted by atomic mass is 16.3. The Bertz CT molecular complexity index is 420. The lowest BCUT2D eigenvalue weighted by Crippen LogP contribution is -2.56. The molecule has 3 aliphatic heterocycles. The van der Waals surface area contributed by atoms with Gasteiger partial charge in [-0.1, -0.05) is 0 Å². The molecule has 3 nitrogen and oxygen atoms in total. The van der Waals surface area contributed by atoms with Gasteiger partial charge in [0.1, 0.15) is 5.76 Å². The van der Waals surface area contributed by atoms with Crippen LogP contribution in [-0.4, -0.2) is 30.6 Å². The van der Waals surface area contributed by atoms with Gasteiger partial charge in [-0.25, -0.2) is 0 Å². The summed E-state index contributed by atoms with van der Waals surface area (Å²) in [5.41, 5.74) is 1.43. The number of nitrogens with one attached hydrogen (secondary N) is 1. The van der Waals surface area contributed by atoms with Crippen LogP contribution in [0.3, 0.4) is 0 Å². The van der Waals surface area contributed by atoms with E-state index in [0.29, 0.717) is 12.1 Å². The molecule has 0 saturated carbocycles. The highest BCUT2D eigenvalue weighted by Crippen LogP contribution is 2.34. The summed E-state index contributed by atoms with van der Waals surface area (Å²) in [6, 6.07) is 3.42. The fourth-order valence-electron chi connectivity index (χ4n) is 4.07. The average Bonchev–Trinajstić information content (AvgIpc) is 2.90. The molecule has 0 aromatic carbocycles. The molecule has 3 fully saturated rings. The summed E-state index contributed by atoms with van der Waals surface area (Å²) in [5, 5.41) is 3.93. The molecule has 2 bridgehead atoms. The Labute approximate surface area is 109 Å². The Morgan fingerprint density at radius 2 is 2.11 bits per heavy atom. The molecule has 5 rings (SSSR count). The zero-order chi connectivity index (χ0) is 11.9. The number of furan rings is 1. The summed E-state index contributed by atoms with van der Waals surface area (Å²) in [6.45, 7) is 3.91. The number of hydrogen-bond donors (Lipinski definition) is 1. The van der Waals surface area contributed by atoms with Gasteiger partial charge in [0.05, 0.1) is 6.26 Å². The van der Waals surface area contributed by atoms with E-state index < -0.39 is 0 Å². The highest BCUT2D eigenvalue weighted by molar-refractivity contribution is 5.24. The minimum absolute atomic E-state index is 0.540. The van der Waals surface area contributed by atoms with Gasteiger partial charge in [0.25, 0.3) is 0 Å². The molecule has 3 heteroatoms. The Balaban J connectivity index is 1.50. The first-order valence-electron chi connectivity index (χ1n) is 7.45. The first-order valence-corrected chi connectivity index (χ1v) is 7.45. The van der Waals surface area contributed by atoms with Crippen molar-refractivity contribution < 1.29 is 4.42 Å². The third kappa shape index (κ3) is 1.81. The Morgan fingerprint density at radius 3 is 2.89 bits per heavy atom. The minimum Gasteiger partial charge on any atom is -0.469 e. The molecule has 1 aromatic heterocycles. The molecule has 0 spiro atoms.